The van der Waals surface area contributed by atoms with Crippen molar-refractivity contribution in [3.8, 4) is 0 Å². The van der Waals surface area contributed by atoms with E-state index < -0.39 is 10.7 Å². The van der Waals surface area contributed by atoms with E-state index in [9.17, 15) is 9.59 Å². The summed E-state index contributed by atoms with van der Waals surface area (Å²) in [6.45, 7) is 3.06. The van der Waals surface area contributed by atoms with Gasteiger partial charge in [0.2, 0.25) is 5.91 Å². The molecular formula is C12H14ClNO3S. The summed E-state index contributed by atoms with van der Waals surface area (Å²) in [5.41, 5.74) is 0. The number of carbonyl (C=O) groups is 2. The summed E-state index contributed by atoms with van der Waals surface area (Å²) in [5, 5.41) is 11.4. The molecule has 0 aliphatic heterocycles. The highest BCUT2D eigenvalue weighted by Crippen LogP contribution is 2.36. The molecule has 1 amide bonds. The number of hydrogen-bond acceptors (Lipinski definition) is 3. The molecule has 0 heterocycles. The zero-order valence-corrected chi connectivity index (χ0v) is 11.6. The van der Waals surface area contributed by atoms with Crippen LogP contribution >= 0.6 is 23.4 Å². The Morgan fingerprint density at radius 3 is 2.56 bits per heavy atom. The van der Waals surface area contributed by atoms with Crippen LogP contribution in [0.1, 0.15) is 13.8 Å². The van der Waals surface area contributed by atoms with E-state index in [2.05, 4.69) is 5.32 Å². The molecular weight excluding hydrogens is 274 g/mol. The van der Waals surface area contributed by atoms with Crippen LogP contribution in [0.15, 0.2) is 29.2 Å². The molecule has 0 aliphatic carbocycles. The summed E-state index contributed by atoms with van der Waals surface area (Å²) in [6.07, 6.45) is 0. The second kappa shape index (κ2) is 6.11. The molecule has 0 atom stereocenters. The van der Waals surface area contributed by atoms with E-state index in [0.29, 0.717) is 5.02 Å². The molecule has 0 bridgehead atoms. The van der Waals surface area contributed by atoms with Gasteiger partial charge in [-0.1, -0.05) is 23.7 Å². The third-order valence-electron chi connectivity index (χ3n) is 2.15. The lowest BCUT2D eigenvalue weighted by Crippen LogP contribution is -2.41. The van der Waals surface area contributed by atoms with Crippen LogP contribution in [0.4, 0.5) is 0 Å². The van der Waals surface area contributed by atoms with Crippen molar-refractivity contribution in [3.05, 3.63) is 29.3 Å². The molecule has 0 saturated carbocycles. The average Bonchev–Trinajstić information content (AvgIpc) is 2.28. The molecule has 0 aliphatic rings. The molecule has 4 nitrogen and oxygen atoms in total. The average molecular weight is 288 g/mol. The second-order valence-corrected chi connectivity index (χ2v) is 6.19. The van der Waals surface area contributed by atoms with Crippen LogP contribution in [0.25, 0.3) is 0 Å². The summed E-state index contributed by atoms with van der Waals surface area (Å²) < 4.78 is -0.791. The number of carbonyl (C=O) groups excluding carboxylic acids is 1. The summed E-state index contributed by atoms with van der Waals surface area (Å²) in [4.78, 5) is 23.0. The van der Waals surface area contributed by atoms with Gasteiger partial charge in [0.15, 0.2) is 0 Å². The molecule has 18 heavy (non-hydrogen) atoms. The van der Waals surface area contributed by atoms with Gasteiger partial charge in [0.05, 0.1) is 9.77 Å². The number of carboxylic acid groups (broad SMARTS) is 1. The normalized spacial score (nSPS) is 11.1. The molecule has 6 heteroatoms. The summed E-state index contributed by atoms with van der Waals surface area (Å²) >= 11 is 7.31. The largest absolute Gasteiger partial charge is 0.480 e. The van der Waals surface area contributed by atoms with E-state index >= 15 is 0 Å². The molecule has 1 rings (SSSR count). The summed E-state index contributed by atoms with van der Waals surface area (Å²) in [7, 11) is 0. The molecule has 0 aromatic heterocycles. The van der Waals surface area contributed by atoms with E-state index in [1.54, 1.807) is 19.9 Å². The van der Waals surface area contributed by atoms with Gasteiger partial charge in [-0.25, -0.2) is 0 Å². The molecule has 0 radical (unpaired) electrons. The lowest BCUT2D eigenvalue weighted by molar-refractivity contribution is -0.138. The zero-order chi connectivity index (χ0) is 13.8. The highest BCUT2D eigenvalue weighted by atomic mass is 35.5. The summed E-state index contributed by atoms with van der Waals surface area (Å²) in [5.74, 6) is -1.41. The zero-order valence-electron chi connectivity index (χ0n) is 10.1. The number of amides is 1. The van der Waals surface area contributed by atoms with Gasteiger partial charge >= 0.3 is 5.97 Å². The van der Waals surface area contributed by atoms with Gasteiger partial charge in [-0.2, -0.15) is 0 Å². The number of nitrogens with one attached hydrogen (secondary N) is 1. The van der Waals surface area contributed by atoms with Crippen molar-refractivity contribution in [2.45, 2.75) is 23.5 Å². The number of thioether (sulfide) groups is 1. The van der Waals surface area contributed by atoms with Crippen LogP contribution in [0.2, 0.25) is 5.02 Å². The van der Waals surface area contributed by atoms with Crippen molar-refractivity contribution in [2.24, 2.45) is 0 Å². The fraction of sp³-hybridized carbons (Fsp3) is 0.333. The first-order valence-corrected chi connectivity index (χ1v) is 6.46. The maximum absolute atomic E-state index is 11.8. The summed E-state index contributed by atoms with van der Waals surface area (Å²) in [6, 6.07) is 7.21. The number of halogens is 1. The Morgan fingerprint density at radius 1 is 1.39 bits per heavy atom. The van der Waals surface area contributed by atoms with E-state index in [0.717, 1.165) is 4.90 Å². The van der Waals surface area contributed by atoms with Gasteiger partial charge in [0, 0.05) is 4.90 Å². The minimum atomic E-state index is -1.07. The fourth-order valence-electron chi connectivity index (χ4n) is 1.22. The number of rotatable bonds is 5. The molecule has 1 aromatic carbocycles. The molecule has 0 saturated heterocycles. The first-order chi connectivity index (χ1) is 8.33. The monoisotopic (exact) mass is 287 g/mol. The van der Waals surface area contributed by atoms with Crippen LogP contribution in [-0.2, 0) is 9.59 Å². The SMILES string of the molecule is CC(C)(Sc1ccccc1Cl)C(=O)NCC(=O)O. The van der Waals surface area contributed by atoms with Crippen LogP contribution in [-0.4, -0.2) is 28.3 Å². The Hall–Kier alpha value is -1.20. The van der Waals surface area contributed by atoms with Gasteiger partial charge in [-0.3, -0.25) is 9.59 Å². The first kappa shape index (κ1) is 14.9. The predicted octanol–water partition coefficient (Wildman–Crippen LogP) is 2.41. The van der Waals surface area contributed by atoms with E-state index in [4.69, 9.17) is 16.7 Å². The van der Waals surface area contributed by atoms with Crippen molar-refractivity contribution in [3.63, 3.8) is 0 Å². The third kappa shape index (κ3) is 4.23. The quantitative estimate of drug-likeness (QED) is 0.816. The molecule has 98 valence electrons. The van der Waals surface area contributed by atoms with E-state index in [1.807, 2.05) is 18.2 Å². The Morgan fingerprint density at radius 2 is 2.00 bits per heavy atom. The lowest BCUT2D eigenvalue weighted by Gasteiger charge is -2.23. The van der Waals surface area contributed by atoms with Crippen molar-refractivity contribution in [1.82, 2.24) is 5.32 Å². The van der Waals surface area contributed by atoms with Gasteiger partial charge in [0.1, 0.15) is 6.54 Å². The topological polar surface area (TPSA) is 66.4 Å². The van der Waals surface area contributed by atoms with Crippen LogP contribution in [0.5, 0.6) is 0 Å². The molecule has 2 N–H and O–H groups in total. The van der Waals surface area contributed by atoms with Gasteiger partial charge < -0.3 is 10.4 Å². The Balaban J connectivity index is 2.72. The minimum absolute atomic E-state index is 0.338. The second-order valence-electron chi connectivity index (χ2n) is 4.12. The fourth-order valence-corrected chi connectivity index (χ4v) is 2.50. The van der Waals surface area contributed by atoms with Crippen molar-refractivity contribution in [1.29, 1.82) is 0 Å². The van der Waals surface area contributed by atoms with Gasteiger partial charge in [0.25, 0.3) is 0 Å². The Bertz CT molecular complexity index is 462. The van der Waals surface area contributed by atoms with Crippen molar-refractivity contribution in [2.75, 3.05) is 6.54 Å². The highest BCUT2D eigenvalue weighted by Gasteiger charge is 2.29. The number of hydrogen-bond donors (Lipinski definition) is 2. The van der Waals surface area contributed by atoms with Gasteiger partial charge in [-0.15, -0.1) is 11.8 Å². The smallest absolute Gasteiger partial charge is 0.322 e. The highest BCUT2D eigenvalue weighted by molar-refractivity contribution is 8.01. The molecule has 0 unspecified atom stereocenters. The Labute approximate surface area is 115 Å². The predicted molar refractivity (Wildman–Crippen MR) is 72.0 cm³/mol. The van der Waals surface area contributed by atoms with Crippen molar-refractivity contribution < 1.29 is 14.7 Å². The number of aliphatic carboxylic acids is 1. The molecule has 1 aromatic rings. The molecule has 0 spiro atoms. The third-order valence-corrected chi connectivity index (χ3v) is 3.86. The van der Waals surface area contributed by atoms with E-state index in [1.165, 1.54) is 11.8 Å². The van der Waals surface area contributed by atoms with Crippen LogP contribution in [0.3, 0.4) is 0 Å². The maximum atomic E-state index is 11.8. The standard InChI is InChI=1S/C12H14ClNO3S/c1-12(2,11(17)14-7-10(15)16)18-9-6-4-3-5-8(9)13/h3-6H,7H2,1-2H3,(H,14,17)(H,15,16). The molecule has 0 fully saturated rings. The van der Waals surface area contributed by atoms with Crippen LogP contribution < -0.4 is 5.32 Å². The maximum Gasteiger partial charge on any atom is 0.322 e. The number of benzene rings is 1. The van der Waals surface area contributed by atoms with Gasteiger partial charge in [-0.05, 0) is 26.0 Å². The van der Waals surface area contributed by atoms with Crippen LogP contribution in [0, 0.1) is 0 Å². The lowest BCUT2D eigenvalue weighted by atomic mass is 10.2. The minimum Gasteiger partial charge on any atom is -0.480 e. The Kier molecular flexibility index (Phi) is 5.04. The van der Waals surface area contributed by atoms with Crippen molar-refractivity contribution >= 4 is 35.2 Å². The number of carboxylic acids is 1. The first-order valence-electron chi connectivity index (χ1n) is 5.26. The van der Waals surface area contributed by atoms with E-state index in [-0.39, 0.29) is 12.5 Å².